The van der Waals surface area contributed by atoms with Crippen molar-refractivity contribution in [2.24, 2.45) is 11.7 Å². The average molecular weight is 329 g/mol. The molecule has 2 rings (SSSR count). The first-order valence-electron chi connectivity index (χ1n) is 8.53. The zero-order valence-electron chi connectivity index (χ0n) is 15.2. The molecule has 4 heteroatoms. The van der Waals surface area contributed by atoms with Gasteiger partial charge in [0.1, 0.15) is 17.5 Å². The van der Waals surface area contributed by atoms with Crippen LogP contribution in [0, 0.1) is 5.92 Å². The van der Waals surface area contributed by atoms with Crippen molar-refractivity contribution in [3.05, 3.63) is 35.4 Å². The number of esters is 1. The quantitative estimate of drug-likeness (QED) is 0.646. The molecule has 0 aliphatic heterocycles. The number of hydrogen-bond acceptors (Lipinski definition) is 4. The highest BCUT2D eigenvalue weighted by atomic mass is 16.5. The molecule has 0 saturated carbocycles. The molecule has 0 aliphatic rings. The maximum atomic E-state index is 12.4. The van der Waals surface area contributed by atoms with Crippen LogP contribution >= 0.6 is 0 Å². The Kier molecular flexibility index (Phi) is 5.84. The van der Waals surface area contributed by atoms with Crippen LogP contribution < -0.4 is 15.2 Å². The zero-order chi connectivity index (χ0) is 17.9. The number of rotatable bonds is 6. The molecule has 0 heterocycles. The van der Waals surface area contributed by atoms with Crippen LogP contribution in [0.15, 0.2) is 24.3 Å². The fourth-order valence-corrected chi connectivity index (χ4v) is 3.02. The van der Waals surface area contributed by atoms with E-state index < -0.39 is 12.0 Å². The van der Waals surface area contributed by atoms with Crippen LogP contribution in [0.4, 0.5) is 0 Å². The predicted octanol–water partition coefficient (Wildman–Crippen LogP) is 3.86. The lowest BCUT2D eigenvalue weighted by Crippen LogP contribution is -2.38. The van der Waals surface area contributed by atoms with E-state index in [0.717, 1.165) is 40.5 Å². The van der Waals surface area contributed by atoms with Gasteiger partial charge >= 0.3 is 5.97 Å². The fraction of sp³-hybridized carbons (Fsp3) is 0.450. The molecule has 0 radical (unpaired) electrons. The van der Waals surface area contributed by atoms with Gasteiger partial charge in [-0.1, -0.05) is 52.0 Å². The highest BCUT2D eigenvalue weighted by molar-refractivity contribution is 5.97. The smallest absolute Gasteiger partial charge is 0.328 e. The summed E-state index contributed by atoms with van der Waals surface area (Å²) < 4.78 is 11.5. The van der Waals surface area contributed by atoms with Crippen LogP contribution in [0.25, 0.3) is 10.8 Å². The monoisotopic (exact) mass is 329 g/mol. The Hall–Kier alpha value is -2.07. The van der Waals surface area contributed by atoms with Gasteiger partial charge in [0.25, 0.3) is 0 Å². The molecule has 0 bridgehead atoms. The minimum Gasteiger partial charge on any atom is -0.496 e. The molecule has 130 valence electrons. The Morgan fingerprint density at radius 3 is 2.00 bits per heavy atom. The van der Waals surface area contributed by atoms with E-state index in [0.29, 0.717) is 5.75 Å². The highest BCUT2D eigenvalue weighted by Crippen LogP contribution is 2.41. The summed E-state index contributed by atoms with van der Waals surface area (Å²) in [5.74, 6) is 1.11. The molecule has 0 amide bonds. The van der Waals surface area contributed by atoms with E-state index in [1.54, 1.807) is 7.11 Å². The van der Waals surface area contributed by atoms with Crippen LogP contribution in [-0.2, 0) is 17.6 Å². The number of carbonyl (C=O) groups excluding carboxylic acids is 1. The normalized spacial score (nSPS) is 12.5. The third-order valence-electron chi connectivity index (χ3n) is 4.43. The second kappa shape index (κ2) is 7.67. The first kappa shape index (κ1) is 18.3. The van der Waals surface area contributed by atoms with Gasteiger partial charge in [0.2, 0.25) is 0 Å². The van der Waals surface area contributed by atoms with E-state index in [1.165, 1.54) is 0 Å². The maximum absolute atomic E-state index is 12.4. The van der Waals surface area contributed by atoms with Crippen molar-refractivity contribution in [1.29, 1.82) is 0 Å². The Balaban J connectivity index is 2.70. The van der Waals surface area contributed by atoms with Crippen LogP contribution in [0.1, 0.15) is 38.8 Å². The van der Waals surface area contributed by atoms with Crippen molar-refractivity contribution in [1.82, 2.24) is 0 Å². The molecule has 2 N–H and O–H groups in total. The summed E-state index contributed by atoms with van der Waals surface area (Å²) >= 11 is 0. The van der Waals surface area contributed by atoms with Crippen molar-refractivity contribution in [3.8, 4) is 11.5 Å². The van der Waals surface area contributed by atoms with Crippen LogP contribution in [-0.4, -0.2) is 19.1 Å². The van der Waals surface area contributed by atoms with Crippen molar-refractivity contribution in [3.63, 3.8) is 0 Å². The van der Waals surface area contributed by atoms with E-state index in [-0.39, 0.29) is 5.92 Å². The molecule has 1 atom stereocenters. The number of ether oxygens (including phenoxy) is 2. The van der Waals surface area contributed by atoms with Crippen LogP contribution in [0.5, 0.6) is 11.5 Å². The molecule has 2 aromatic carbocycles. The van der Waals surface area contributed by atoms with E-state index in [1.807, 2.05) is 38.1 Å². The largest absolute Gasteiger partial charge is 0.496 e. The fourth-order valence-electron chi connectivity index (χ4n) is 3.02. The number of fused-ring (bicyclic) bond motifs is 1. The molecule has 0 unspecified atom stereocenters. The molecular formula is C20H27NO3. The van der Waals surface area contributed by atoms with Gasteiger partial charge in [0.15, 0.2) is 0 Å². The number of methoxy groups -OCH3 is 1. The summed E-state index contributed by atoms with van der Waals surface area (Å²) in [6.07, 6.45) is 1.56. The third-order valence-corrected chi connectivity index (χ3v) is 4.43. The number of nitrogens with two attached hydrogens (primary N) is 1. The topological polar surface area (TPSA) is 61.5 Å². The lowest BCUT2D eigenvalue weighted by Gasteiger charge is -2.21. The summed E-state index contributed by atoms with van der Waals surface area (Å²) in [4.78, 5) is 12.4. The standard InChI is InChI=1S/C20H27NO3/c1-6-13-14(7-2)19(24-20(22)17(21)12(3)4)16-11-9-8-10-15(16)18(13)23-5/h8-12,17H,6-7,21H2,1-5H3/t17-/m0/s1. The van der Waals surface area contributed by atoms with Gasteiger partial charge in [0.05, 0.1) is 7.11 Å². The van der Waals surface area contributed by atoms with Gasteiger partial charge in [0, 0.05) is 21.9 Å². The number of hydrogen-bond donors (Lipinski definition) is 1. The lowest BCUT2D eigenvalue weighted by molar-refractivity contribution is -0.136. The molecule has 0 aliphatic carbocycles. The summed E-state index contributed by atoms with van der Waals surface area (Å²) in [5.41, 5.74) is 8.07. The summed E-state index contributed by atoms with van der Waals surface area (Å²) in [6.45, 7) is 7.96. The second-order valence-corrected chi connectivity index (χ2v) is 6.26. The number of carbonyl (C=O) groups is 1. The summed E-state index contributed by atoms with van der Waals surface area (Å²) in [5, 5.41) is 1.84. The maximum Gasteiger partial charge on any atom is 0.328 e. The first-order valence-corrected chi connectivity index (χ1v) is 8.53. The van der Waals surface area contributed by atoms with Crippen molar-refractivity contribution in [2.75, 3.05) is 7.11 Å². The molecule has 0 spiro atoms. The molecule has 24 heavy (non-hydrogen) atoms. The van der Waals surface area contributed by atoms with Gasteiger partial charge in [-0.2, -0.15) is 0 Å². The SMILES string of the molecule is CCc1c(CC)c(OC(=O)[C@@H](N)C(C)C)c2ccccc2c1OC. The van der Waals surface area contributed by atoms with Gasteiger partial charge in [-0.15, -0.1) is 0 Å². The van der Waals surface area contributed by atoms with Gasteiger partial charge < -0.3 is 15.2 Å². The molecule has 0 aromatic heterocycles. The third kappa shape index (κ3) is 3.24. The van der Waals surface area contributed by atoms with E-state index >= 15 is 0 Å². The van der Waals surface area contributed by atoms with Crippen LogP contribution in [0.2, 0.25) is 0 Å². The van der Waals surface area contributed by atoms with Crippen molar-refractivity contribution in [2.45, 2.75) is 46.6 Å². The minimum absolute atomic E-state index is 0.0257. The van der Waals surface area contributed by atoms with Gasteiger partial charge in [-0.3, -0.25) is 0 Å². The van der Waals surface area contributed by atoms with E-state index in [9.17, 15) is 4.79 Å². The second-order valence-electron chi connectivity index (χ2n) is 6.26. The minimum atomic E-state index is -0.638. The highest BCUT2D eigenvalue weighted by Gasteiger charge is 2.24. The average Bonchev–Trinajstić information content (AvgIpc) is 2.59. The Labute approximate surface area is 143 Å². The first-order chi connectivity index (χ1) is 11.5. The zero-order valence-corrected chi connectivity index (χ0v) is 15.2. The molecular weight excluding hydrogens is 302 g/mol. The van der Waals surface area contributed by atoms with Gasteiger partial charge in [-0.25, -0.2) is 4.79 Å². The Morgan fingerprint density at radius 2 is 1.54 bits per heavy atom. The van der Waals surface area contributed by atoms with Crippen LogP contribution in [0.3, 0.4) is 0 Å². The molecule has 2 aromatic rings. The predicted molar refractivity (Wildman–Crippen MR) is 97.7 cm³/mol. The Morgan fingerprint density at radius 1 is 1.04 bits per heavy atom. The van der Waals surface area contributed by atoms with Gasteiger partial charge in [-0.05, 0) is 18.8 Å². The summed E-state index contributed by atoms with van der Waals surface area (Å²) in [7, 11) is 1.68. The molecule has 0 saturated heterocycles. The molecule has 4 nitrogen and oxygen atoms in total. The molecule has 0 fully saturated rings. The number of benzene rings is 2. The van der Waals surface area contributed by atoms with E-state index in [4.69, 9.17) is 15.2 Å². The Bertz CT molecular complexity index is 737. The van der Waals surface area contributed by atoms with Crippen molar-refractivity contribution < 1.29 is 14.3 Å². The van der Waals surface area contributed by atoms with Crippen molar-refractivity contribution >= 4 is 16.7 Å². The van der Waals surface area contributed by atoms with E-state index in [2.05, 4.69) is 13.8 Å². The summed E-state index contributed by atoms with van der Waals surface area (Å²) in [6, 6.07) is 7.21. The lowest BCUT2D eigenvalue weighted by atomic mass is 9.94.